The van der Waals surface area contributed by atoms with Gasteiger partial charge in [0.2, 0.25) is 0 Å². The Bertz CT molecular complexity index is 1030. The molecule has 5 rings (SSSR count). The Labute approximate surface area is 182 Å². The van der Waals surface area contributed by atoms with Crippen molar-refractivity contribution in [2.45, 2.75) is 31.2 Å². The zero-order chi connectivity index (χ0) is 20.7. The average Bonchev–Trinajstić information content (AvgIpc) is 3.27. The first-order valence-electron chi connectivity index (χ1n) is 10.8. The molecule has 3 aromatic rings. The van der Waals surface area contributed by atoms with E-state index in [2.05, 4.69) is 76.7 Å². The summed E-state index contributed by atoms with van der Waals surface area (Å²) in [7, 11) is 0. The number of aromatic nitrogens is 1. The molecule has 2 aliphatic rings. The van der Waals surface area contributed by atoms with E-state index in [0.29, 0.717) is 13.1 Å². The number of hydrogen-bond acceptors (Lipinski definition) is 5. The maximum Gasteiger partial charge on any atom is 0.159 e. The van der Waals surface area contributed by atoms with Crippen LogP contribution in [-0.4, -0.2) is 74.8 Å². The molecule has 1 atom stereocenters. The molecule has 6 heteroatoms. The number of β-amino-alcohol motifs (C(OH)–C–C–N with tert-alkyl or cyclic N) is 1. The van der Waals surface area contributed by atoms with Gasteiger partial charge in [0, 0.05) is 59.3 Å². The smallest absolute Gasteiger partial charge is 0.159 e. The normalized spacial score (nSPS) is 20.8. The van der Waals surface area contributed by atoms with Gasteiger partial charge < -0.3 is 14.6 Å². The van der Waals surface area contributed by atoms with Crippen molar-refractivity contribution in [1.82, 2.24) is 14.4 Å². The van der Waals surface area contributed by atoms with Gasteiger partial charge in [-0.1, -0.05) is 48.2 Å². The first-order valence-corrected chi connectivity index (χ1v) is 11.7. The Morgan fingerprint density at radius 2 is 1.53 bits per heavy atom. The van der Waals surface area contributed by atoms with Crippen molar-refractivity contribution in [3.05, 3.63) is 48.5 Å². The molecular formula is C24H30N4OS. The van der Waals surface area contributed by atoms with E-state index in [-0.39, 0.29) is 4.75 Å². The maximum atomic E-state index is 10.9. The van der Waals surface area contributed by atoms with E-state index in [1.807, 2.05) is 11.8 Å². The number of amidine groups is 1. The van der Waals surface area contributed by atoms with E-state index in [9.17, 15) is 5.11 Å². The van der Waals surface area contributed by atoms with Crippen LogP contribution in [0.2, 0.25) is 0 Å². The van der Waals surface area contributed by atoms with Crippen LogP contribution in [0.1, 0.15) is 13.8 Å². The number of rotatable bonds is 4. The van der Waals surface area contributed by atoms with Crippen LogP contribution in [-0.2, 0) is 6.54 Å². The third-order valence-electron chi connectivity index (χ3n) is 6.15. The highest BCUT2D eigenvalue weighted by Gasteiger charge is 2.31. The van der Waals surface area contributed by atoms with Gasteiger partial charge in [-0.05, 0) is 26.0 Å². The summed E-state index contributed by atoms with van der Waals surface area (Å²) in [6.07, 6.45) is -0.395. The molecule has 3 heterocycles. The number of para-hydroxylation sites is 2. The van der Waals surface area contributed by atoms with Crippen LogP contribution in [0.5, 0.6) is 0 Å². The van der Waals surface area contributed by atoms with Gasteiger partial charge in [0.1, 0.15) is 0 Å². The number of aliphatic hydroxyl groups excluding tert-OH is 1. The molecule has 0 saturated carbocycles. The van der Waals surface area contributed by atoms with E-state index in [1.54, 1.807) is 0 Å². The van der Waals surface area contributed by atoms with Gasteiger partial charge in [-0.3, -0.25) is 9.89 Å². The second kappa shape index (κ2) is 7.91. The van der Waals surface area contributed by atoms with Gasteiger partial charge in [-0.25, -0.2) is 0 Å². The van der Waals surface area contributed by atoms with Crippen molar-refractivity contribution in [3.63, 3.8) is 0 Å². The van der Waals surface area contributed by atoms with Crippen LogP contribution >= 0.6 is 11.8 Å². The molecule has 2 aromatic carbocycles. The molecule has 158 valence electrons. The standard InChI is InChI=1S/C24H30N4OS/c1-24(2)17-25-23(30-24)27-13-11-26(12-14-27)15-18(29)16-28-21-9-5-3-7-19(21)20-8-4-6-10-22(20)28/h3-10,18,29H,11-17H2,1-2H3/t18-/m0/s1. The third kappa shape index (κ3) is 3.84. The molecule has 1 aromatic heterocycles. The number of nitrogens with zero attached hydrogens (tertiary/aromatic N) is 4. The monoisotopic (exact) mass is 422 g/mol. The average molecular weight is 423 g/mol. The first kappa shape index (κ1) is 19.9. The van der Waals surface area contributed by atoms with Gasteiger partial charge in [0.15, 0.2) is 5.17 Å². The minimum Gasteiger partial charge on any atom is -0.390 e. The molecule has 1 N–H and O–H groups in total. The summed E-state index contributed by atoms with van der Waals surface area (Å²) < 4.78 is 2.50. The zero-order valence-electron chi connectivity index (χ0n) is 17.8. The fourth-order valence-electron chi connectivity index (χ4n) is 4.62. The predicted octanol–water partition coefficient (Wildman–Crippen LogP) is 3.65. The van der Waals surface area contributed by atoms with Gasteiger partial charge in [0.05, 0.1) is 19.2 Å². The second-order valence-electron chi connectivity index (χ2n) is 9.05. The molecule has 0 bridgehead atoms. The van der Waals surface area contributed by atoms with Crippen molar-refractivity contribution in [3.8, 4) is 0 Å². The Kier molecular flexibility index (Phi) is 5.25. The lowest BCUT2D eigenvalue weighted by Gasteiger charge is -2.36. The van der Waals surface area contributed by atoms with E-state index in [4.69, 9.17) is 4.99 Å². The molecule has 0 amide bonds. The zero-order valence-corrected chi connectivity index (χ0v) is 18.6. The van der Waals surface area contributed by atoms with Crippen molar-refractivity contribution in [2.24, 2.45) is 4.99 Å². The summed E-state index contributed by atoms with van der Waals surface area (Å²) in [6.45, 7) is 10.7. The number of fused-ring (bicyclic) bond motifs is 3. The first-order chi connectivity index (χ1) is 14.5. The fourth-order valence-corrected chi connectivity index (χ4v) is 5.69. The van der Waals surface area contributed by atoms with Gasteiger partial charge in [-0.2, -0.15) is 0 Å². The molecule has 0 unspecified atom stereocenters. The van der Waals surface area contributed by atoms with Gasteiger partial charge in [-0.15, -0.1) is 0 Å². The van der Waals surface area contributed by atoms with Crippen LogP contribution in [0.25, 0.3) is 21.8 Å². The Balaban J connectivity index is 1.24. The largest absolute Gasteiger partial charge is 0.390 e. The van der Waals surface area contributed by atoms with Crippen molar-refractivity contribution in [2.75, 3.05) is 39.3 Å². The highest BCUT2D eigenvalue weighted by atomic mass is 32.2. The van der Waals surface area contributed by atoms with Crippen LogP contribution in [0.3, 0.4) is 0 Å². The number of benzene rings is 2. The van der Waals surface area contributed by atoms with Crippen LogP contribution < -0.4 is 0 Å². The van der Waals surface area contributed by atoms with E-state index >= 15 is 0 Å². The number of thioether (sulfide) groups is 1. The third-order valence-corrected chi connectivity index (χ3v) is 7.40. The van der Waals surface area contributed by atoms with E-state index < -0.39 is 6.10 Å². The highest BCUT2D eigenvalue weighted by Crippen LogP contribution is 2.33. The lowest BCUT2D eigenvalue weighted by molar-refractivity contribution is 0.0808. The second-order valence-corrected chi connectivity index (χ2v) is 10.7. The summed E-state index contributed by atoms with van der Waals surface area (Å²) in [5.41, 5.74) is 2.39. The molecule has 30 heavy (non-hydrogen) atoms. The minimum absolute atomic E-state index is 0.227. The maximum absolute atomic E-state index is 10.9. The Hall–Kier alpha value is -2.02. The fraction of sp³-hybridized carbons (Fsp3) is 0.458. The SMILES string of the molecule is CC1(C)CN=C(N2CCN(C[C@H](O)Cn3c4ccccc4c4ccccc43)CC2)S1. The van der Waals surface area contributed by atoms with Crippen molar-refractivity contribution < 1.29 is 5.11 Å². The predicted molar refractivity (Wildman–Crippen MR) is 127 cm³/mol. The van der Waals surface area contributed by atoms with Crippen molar-refractivity contribution in [1.29, 1.82) is 0 Å². The van der Waals surface area contributed by atoms with Gasteiger partial charge in [0.25, 0.3) is 0 Å². The number of aliphatic imine (C=N–C) groups is 1. The van der Waals surface area contributed by atoms with Crippen molar-refractivity contribution >= 4 is 38.7 Å². The quantitative estimate of drug-likeness (QED) is 0.697. The molecule has 5 nitrogen and oxygen atoms in total. The lowest BCUT2D eigenvalue weighted by atomic mass is 10.2. The summed E-state index contributed by atoms with van der Waals surface area (Å²) in [5.74, 6) is 0. The molecule has 0 radical (unpaired) electrons. The molecule has 0 aliphatic carbocycles. The Morgan fingerprint density at radius 3 is 2.10 bits per heavy atom. The summed E-state index contributed by atoms with van der Waals surface area (Å²) >= 11 is 1.90. The van der Waals surface area contributed by atoms with Crippen LogP contribution in [0, 0.1) is 0 Å². The van der Waals surface area contributed by atoms with E-state index in [1.165, 1.54) is 27.0 Å². The van der Waals surface area contributed by atoms with Crippen LogP contribution in [0.15, 0.2) is 53.5 Å². The molecule has 1 saturated heterocycles. The summed E-state index contributed by atoms with van der Waals surface area (Å²) in [6, 6.07) is 17.0. The topological polar surface area (TPSA) is 44.0 Å². The number of hydrogen-bond donors (Lipinski definition) is 1. The lowest BCUT2D eigenvalue weighted by Crippen LogP contribution is -2.50. The number of aliphatic hydroxyl groups is 1. The molecule has 1 fully saturated rings. The summed E-state index contributed by atoms with van der Waals surface area (Å²) in [5, 5.41) is 14.6. The molecule has 2 aliphatic heterocycles. The minimum atomic E-state index is -0.395. The highest BCUT2D eigenvalue weighted by molar-refractivity contribution is 8.15. The van der Waals surface area contributed by atoms with E-state index in [0.717, 1.165) is 32.7 Å². The summed E-state index contributed by atoms with van der Waals surface area (Å²) in [4.78, 5) is 9.54. The van der Waals surface area contributed by atoms with Crippen LogP contribution in [0.4, 0.5) is 0 Å². The van der Waals surface area contributed by atoms with Gasteiger partial charge >= 0.3 is 0 Å². The Morgan fingerprint density at radius 1 is 0.933 bits per heavy atom. The molecular weight excluding hydrogens is 392 g/mol. The number of piperazine rings is 1. The molecule has 0 spiro atoms.